The second-order valence-electron chi connectivity index (χ2n) is 3.44. The molecule has 2 aromatic rings. The van der Waals surface area contributed by atoms with Crippen molar-refractivity contribution in [2.75, 3.05) is 5.32 Å². The van der Waals surface area contributed by atoms with Crippen molar-refractivity contribution < 1.29 is 14.7 Å². The average molecular weight is 342 g/mol. The Balaban J connectivity index is 1.97. The predicted octanol–water partition coefficient (Wildman–Crippen LogP) is 2.58. The van der Waals surface area contributed by atoms with E-state index in [9.17, 15) is 9.59 Å². The molecule has 0 aliphatic carbocycles. The van der Waals surface area contributed by atoms with E-state index in [2.05, 4.69) is 31.4 Å². The van der Waals surface area contributed by atoms with Gasteiger partial charge in [0.1, 0.15) is 5.69 Å². The highest BCUT2D eigenvalue weighted by Gasteiger charge is 2.08. The van der Waals surface area contributed by atoms with E-state index < -0.39 is 5.97 Å². The lowest BCUT2D eigenvalue weighted by Gasteiger charge is -1.94. The Labute approximate surface area is 120 Å². The van der Waals surface area contributed by atoms with E-state index in [0.29, 0.717) is 0 Å². The van der Waals surface area contributed by atoms with Crippen molar-refractivity contribution in [3.63, 3.8) is 0 Å². The largest absolute Gasteiger partial charge is 0.477 e. The first-order chi connectivity index (χ1) is 9.04. The molecule has 0 aliphatic heterocycles. The lowest BCUT2D eigenvalue weighted by molar-refractivity contribution is -0.111. The number of nitrogens with one attached hydrogen (secondary N) is 2. The third-order valence-corrected chi connectivity index (χ3v) is 3.64. The second kappa shape index (κ2) is 5.81. The van der Waals surface area contributed by atoms with Crippen LogP contribution in [0.25, 0.3) is 6.08 Å². The van der Waals surface area contributed by atoms with Crippen LogP contribution in [-0.2, 0) is 4.79 Å². The summed E-state index contributed by atoms with van der Waals surface area (Å²) in [7, 11) is 0. The summed E-state index contributed by atoms with van der Waals surface area (Å²) in [6.07, 6.45) is 3.02. The van der Waals surface area contributed by atoms with Crippen LogP contribution in [0, 0.1) is 0 Å². The first-order valence-corrected chi connectivity index (χ1v) is 6.68. The number of amides is 1. The molecule has 0 unspecified atom stereocenters. The maximum absolute atomic E-state index is 11.6. The van der Waals surface area contributed by atoms with Crippen LogP contribution in [0.2, 0.25) is 0 Å². The molecule has 2 heterocycles. The fourth-order valence-electron chi connectivity index (χ4n) is 1.24. The van der Waals surface area contributed by atoms with Gasteiger partial charge in [0.15, 0.2) is 5.82 Å². The van der Waals surface area contributed by atoms with Crippen molar-refractivity contribution >= 4 is 51.0 Å². The number of aromatic nitrogens is 2. The quantitative estimate of drug-likeness (QED) is 0.744. The molecule has 6 nitrogen and oxygen atoms in total. The van der Waals surface area contributed by atoms with E-state index in [-0.39, 0.29) is 17.4 Å². The monoisotopic (exact) mass is 341 g/mol. The predicted molar refractivity (Wildman–Crippen MR) is 75.2 cm³/mol. The van der Waals surface area contributed by atoms with E-state index in [1.165, 1.54) is 23.5 Å². The summed E-state index contributed by atoms with van der Waals surface area (Å²) in [6, 6.07) is 5.00. The van der Waals surface area contributed by atoms with Gasteiger partial charge in [0.05, 0.1) is 3.79 Å². The second-order valence-corrected chi connectivity index (χ2v) is 5.93. The van der Waals surface area contributed by atoms with Crippen LogP contribution in [0.4, 0.5) is 5.82 Å². The van der Waals surface area contributed by atoms with Crippen molar-refractivity contribution in [2.45, 2.75) is 0 Å². The van der Waals surface area contributed by atoms with Crippen molar-refractivity contribution in [1.82, 2.24) is 10.2 Å². The Morgan fingerprint density at radius 2 is 2.26 bits per heavy atom. The first-order valence-electron chi connectivity index (χ1n) is 5.08. The van der Waals surface area contributed by atoms with Gasteiger partial charge < -0.3 is 10.4 Å². The number of halogens is 1. The molecule has 0 saturated carbocycles. The minimum absolute atomic E-state index is 0.0820. The normalized spacial score (nSPS) is 10.8. The number of carbonyl (C=O) groups is 2. The number of nitrogens with zero attached hydrogens (tertiary/aromatic N) is 1. The molecular formula is C11H8BrN3O3S. The number of H-pyrrole nitrogens is 1. The van der Waals surface area contributed by atoms with E-state index >= 15 is 0 Å². The molecule has 0 spiro atoms. The smallest absolute Gasteiger partial charge is 0.353 e. The van der Waals surface area contributed by atoms with Crippen LogP contribution in [0.15, 0.2) is 28.1 Å². The summed E-state index contributed by atoms with van der Waals surface area (Å²) in [4.78, 5) is 23.1. The van der Waals surface area contributed by atoms with Gasteiger partial charge in [0.2, 0.25) is 5.91 Å². The number of anilines is 1. The van der Waals surface area contributed by atoms with Crippen molar-refractivity contribution in [1.29, 1.82) is 0 Å². The molecule has 3 N–H and O–H groups in total. The Kier molecular flexibility index (Phi) is 4.13. The SMILES string of the molecule is O=C(C=Cc1ccc(Br)s1)Nc1cc(C(=O)O)[nH]n1. The van der Waals surface area contributed by atoms with E-state index in [4.69, 9.17) is 5.11 Å². The lowest BCUT2D eigenvalue weighted by atomic mass is 10.4. The number of rotatable bonds is 4. The minimum atomic E-state index is -1.13. The summed E-state index contributed by atoms with van der Waals surface area (Å²) in [5.74, 6) is -1.35. The minimum Gasteiger partial charge on any atom is -0.477 e. The van der Waals surface area contributed by atoms with Gasteiger partial charge in [0.25, 0.3) is 0 Å². The molecule has 1 amide bonds. The zero-order valence-electron chi connectivity index (χ0n) is 9.38. The van der Waals surface area contributed by atoms with E-state index in [0.717, 1.165) is 8.66 Å². The summed E-state index contributed by atoms with van der Waals surface area (Å²) in [5.41, 5.74) is -0.0820. The van der Waals surface area contributed by atoms with Crippen LogP contribution < -0.4 is 5.32 Å². The number of thiophene rings is 1. The van der Waals surface area contributed by atoms with Gasteiger partial charge in [-0.15, -0.1) is 11.3 Å². The Hall–Kier alpha value is -1.93. The zero-order valence-corrected chi connectivity index (χ0v) is 11.8. The lowest BCUT2D eigenvalue weighted by Crippen LogP contribution is -2.07. The fraction of sp³-hybridized carbons (Fsp3) is 0. The van der Waals surface area contributed by atoms with Crippen molar-refractivity contribution in [3.05, 3.63) is 38.6 Å². The molecule has 98 valence electrons. The number of hydrogen-bond acceptors (Lipinski definition) is 4. The first kappa shape index (κ1) is 13.5. The van der Waals surface area contributed by atoms with Gasteiger partial charge in [-0.25, -0.2) is 4.79 Å². The summed E-state index contributed by atoms with van der Waals surface area (Å²) in [5, 5.41) is 17.1. The maximum Gasteiger partial charge on any atom is 0.353 e. The number of aromatic amines is 1. The molecule has 2 rings (SSSR count). The average Bonchev–Trinajstić information content (AvgIpc) is 2.96. The third-order valence-electron chi connectivity index (χ3n) is 2.05. The van der Waals surface area contributed by atoms with E-state index in [1.807, 2.05) is 12.1 Å². The summed E-state index contributed by atoms with van der Waals surface area (Å²) in [6.45, 7) is 0. The molecule has 2 aromatic heterocycles. The molecule has 0 radical (unpaired) electrons. The number of carbonyl (C=O) groups excluding carboxylic acids is 1. The van der Waals surface area contributed by atoms with Gasteiger partial charge in [-0.05, 0) is 34.1 Å². The van der Waals surface area contributed by atoms with Crippen molar-refractivity contribution in [2.24, 2.45) is 0 Å². The van der Waals surface area contributed by atoms with Gasteiger partial charge in [-0.2, -0.15) is 5.10 Å². The van der Waals surface area contributed by atoms with Crippen molar-refractivity contribution in [3.8, 4) is 0 Å². The summed E-state index contributed by atoms with van der Waals surface area (Å²) >= 11 is 4.82. The third kappa shape index (κ3) is 3.76. The zero-order chi connectivity index (χ0) is 13.8. The number of aromatic carboxylic acids is 1. The Morgan fingerprint density at radius 3 is 2.84 bits per heavy atom. The number of carboxylic acids is 1. The van der Waals surface area contributed by atoms with Gasteiger partial charge in [-0.3, -0.25) is 9.89 Å². The maximum atomic E-state index is 11.6. The van der Waals surface area contributed by atoms with Crippen LogP contribution in [0.1, 0.15) is 15.4 Å². The van der Waals surface area contributed by atoms with Gasteiger partial charge >= 0.3 is 5.97 Å². The van der Waals surface area contributed by atoms with Crippen LogP contribution in [-0.4, -0.2) is 27.2 Å². The van der Waals surface area contributed by atoms with Crippen LogP contribution in [0.3, 0.4) is 0 Å². The van der Waals surface area contributed by atoms with E-state index in [1.54, 1.807) is 6.08 Å². The van der Waals surface area contributed by atoms with Crippen LogP contribution >= 0.6 is 27.3 Å². The highest BCUT2D eigenvalue weighted by molar-refractivity contribution is 9.11. The highest BCUT2D eigenvalue weighted by atomic mass is 79.9. The molecule has 0 atom stereocenters. The standard InChI is InChI=1S/C11H8BrN3O3S/c12-8-3-1-6(19-8)2-4-10(16)13-9-5-7(11(17)18)14-15-9/h1-5H,(H,17,18)(H2,13,14,15,16). The highest BCUT2D eigenvalue weighted by Crippen LogP contribution is 2.22. The Morgan fingerprint density at radius 1 is 1.47 bits per heavy atom. The molecule has 19 heavy (non-hydrogen) atoms. The van der Waals surface area contributed by atoms with Gasteiger partial charge in [0, 0.05) is 17.0 Å². The molecule has 8 heteroatoms. The molecular weight excluding hydrogens is 334 g/mol. The Bertz CT molecular complexity index is 647. The fourth-order valence-corrected chi connectivity index (χ4v) is 2.57. The molecule has 0 aromatic carbocycles. The summed E-state index contributed by atoms with van der Waals surface area (Å²) < 4.78 is 0.978. The number of hydrogen-bond donors (Lipinski definition) is 3. The molecule has 0 saturated heterocycles. The molecule has 0 bridgehead atoms. The molecule has 0 fully saturated rings. The van der Waals surface area contributed by atoms with Gasteiger partial charge in [-0.1, -0.05) is 0 Å². The topological polar surface area (TPSA) is 95.1 Å². The van der Waals surface area contributed by atoms with Crippen LogP contribution in [0.5, 0.6) is 0 Å². The number of carboxylic acid groups (broad SMARTS) is 1. The molecule has 0 aliphatic rings.